The molecule has 0 aromatic rings. The molecule has 8 unspecified atom stereocenters. The predicted molar refractivity (Wildman–Crippen MR) is 126 cm³/mol. The molecule has 0 spiro atoms. The number of carbonyl (C=O) groups is 1. The van der Waals surface area contributed by atoms with Crippen molar-refractivity contribution in [3.8, 4) is 0 Å². The van der Waals surface area contributed by atoms with Crippen molar-refractivity contribution in [3.05, 3.63) is 11.6 Å². The minimum atomic E-state index is -1.78. The Hall–Kier alpha value is -0.910. The van der Waals surface area contributed by atoms with Crippen molar-refractivity contribution in [3.63, 3.8) is 0 Å². The highest BCUT2D eigenvalue weighted by molar-refractivity contribution is 5.69. The van der Waals surface area contributed by atoms with E-state index in [2.05, 4.69) is 20.8 Å². The summed E-state index contributed by atoms with van der Waals surface area (Å²) in [7, 11) is 0. The zero-order valence-corrected chi connectivity index (χ0v) is 20.6. The second-order valence-electron chi connectivity index (χ2n) is 11.8. The van der Waals surface area contributed by atoms with Crippen molar-refractivity contribution >= 4 is 5.97 Å². The Labute approximate surface area is 194 Å². The molecule has 0 saturated heterocycles. The maximum absolute atomic E-state index is 11.1. The SMILES string of the molecule is CC(CCCC(C)C1CCCC2C(CCC1C)C1(C)CCC(O)CC1=CC2(O)O)C(=O)O. The van der Waals surface area contributed by atoms with Crippen LogP contribution in [0.1, 0.15) is 98.3 Å². The van der Waals surface area contributed by atoms with Gasteiger partial charge in [-0.05, 0) is 80.1 Å². The molecule has 2 fully saturated rings. The molecule has 2 saturated carbocycles. The molecule has 0 aliphatic heterocycles. The Morgan fingerprint density at radius 1 is 1.09 bits per heavy atom. The van der Waals surface area contributed by atoms with Gasteiger partial charge in [0.25, 0.3) is 0 Å². The summed E-state index contributed by atoms with van der Waals surface area (Å²) >= 11 is 0. The van der Waals surface area contributed by atoms with Crippen molar-refractivity contribution in [1.82, 2.24) is 0 Å². The fourth-order valence-corrected chi connectivity index (χ4v) is 7.34. The third-order valence-corrected chi connectivity index (χ3v) is 9.59. The summed E-state index contributed by atoms with van der Waals surface area (Å²) in [5.41, 5.74) is 1.00. The molecule has 0 bridgehead atoms. The van der Waals surface area contributed by atoms with Crippen molar-refractivity contribution in [2.45, 2.75) is 110 Å². The lowest BCUT2D eigenvalue weighted by Gasteiger charge is -2.54. The highest BCUT2D eigenvalue weighted by atomic mass is 16.5. The molecule has 8 atom stereocenters. The number of carboxylic acid groups (broad SMARTS) is 1. The summed E-state index contributed by atoms with van der Waals surface area (Å²) < 4.78 is 0. The van der Waals surface area contributed by atoms with Crippen molar-refractivity contribution in [2.24, 2.45) is 40.9 Å². The Bertz CT molecular complexity index is 686. The molecule has 5 nitrogen and oxygen atoms in total. The van der Waals surface area contributed by atoms with Crippen LogP contribution in [0.3, 0.4) is 0 Å². The van der Waals surface area contributed by atoms with Gasteiger partial charge in [-0.15, -0.1) is 0 Å². The first kappa shape index (κ1) is 25.7. The monoisotopic (exact) mass is 450 g/mol. The van der Waals surface area contributed by atoms with Crippen molar-refractivity contribution < 1.29 is 25.2 Å². The molecule has 0 amide bonds. The normalized spacial score (nSPS) is 39.3. The molecule has 0 radical (unpaired) electrons. The van der Waals surface area contributed by atoms with Crippen LogP contribution in [0.5, 0.6) is 0 Å². The summed E-state index contributed by atoms with van der Waals surface area (Å²) in [5, 5.41) is 41.4. The molecule has 32 heavy (non-hydrogen) atoms. The first-order chi connectivity index (χ1) is 15.0. The van der Waals surface area contributed by atoms with Crippen LogP contribution in [-0.2, 0) is 4.79 Å². The Morgan fingerprint density at radius 2 is 1.81 bits per heavy atom. The Balaban J connectivity index is 1.71. The van der Waals surface area contributed by atoms with Gasteiger partial charge in [0.05, 0.1) is 12.0 Å². The van der Waals surface area contributed by atoms with E-state index in [-0.39, 0.29) is 29.3 Å². The zero-order valence-electron chi connectivity index (χ0n) is 20.6. The minimum Gasteiger partial charge on any atom is -0.481 e. The van der Waals surface area contributed by atoms with E-state index in [9.17, 15) is 20.1 Å². The van der Waals surface area contributed by atoms with Gasteiger partial charge in [-0.1, -0.05) is 59.0 Å². The van der Waals surface area contributed by atoms with E-state index in [1.54, 1.807) is 13.0 Å². The average Bonchev–Trinajstić information content (AvgIpc) is 2.79. The quantitative estimate of drug-likeness (QED) is 0.332. The van der Waals surface area contributed by atoms with Crippen molar-refractivity contribution in [1.29, 1.82) is 0 Å². The second-order valence-corrected chi connectivity index (χ2v) is 11.8. The number of hydrogen-bond donors (Lipinski definition) is 4. The molecular formula is C27H46O5. The molecule has 0 heterocycles. The van der Waals surface area contributed by atoms with E-state index in [0.29, 0.717) is 24.2 Å². The lowest BCUT2D eigenvalue weighted by atomic mass is 9.53. The molecule has 3 aliphatic carbocycles. The topological polar surface area (TPSA) is 98.0 Å². The van der Waals surface area contributed by atoms with E-state index in [4.69, 9.17) is 5.11 Å². The van der Waals surface area contributed by atoms with Crippen LogP contribution < -0.4 is 0 Å². The number of aliphatic hydroxyl groups is 3. The van der Waals surface area contributed by atoms with Crippen molar-refractivity contribution in [2.75, 3.05) is 0 Å². The smallest absolute Gasteiger partial charge is 0.306 e. The van der Waals surface area contributed by atoms with Gasteiger partial charge in [0.15, 0.2) is 5.79 Å². The summed E-state index contributed by atoms with van der Waals surface area (Å²) in [4.78, 5) is 11.1. The van der Waals surface area contributed by atoms with E-state index in [0.717, 1.165) is 69.8 Å². The lowest BCUT2D eigenvalue weighted by molar-refractivity contribution is -0.199. The fraction of sp³-hybridized carbons (Fsp3) is 0.889. The van der Waals surface area contributed by atoms with Gasteiger partial charge in [-0.3, -0.25) is 4.79 Å². The molecule has 3 rings (SSSR count). The molecule has 0 aromatic heterocycles. The minimum absolute atomic E-state index is 0.0446. The first-order valence-corrected chi connectivity index (χ1v) is 13.0. The van der Waals surface area contributed by atoms with E-state index in [1.165, 1.54) is 0 Å². The number of hydrogen-bond acceptors (Lipinski definition) is 4. The van der Waals surface area contributed by atoms with Crippen LogP contribution in [0.25, 0.3) is 0 Å². The van der Waals surface area contributed by atoms with Crippen LogP contribution in [0.4, 0.5) is 0 Å². The molecule has 4 N–H and O–H groups in total. The van der Waals surface area contributed by atoms with E-state index in [1.807, 2.05) is 0 Å². The molecule has 3 aliphatic rings. The van der Waals surface area contributed by atoms with Crippen LogP contribution in [0.2, 0.25) is 0 Å². The average molecular weight is 451 g/mol. The lowest BCUT2D eigenvalue weighted by Crippen LogP contribution is -2.52. The van der Waals surface area contributed by atoms with Gasteiger partial charge in [-0.2, -0.15) is 0 Å². The van der Waals surface area contributed by atoms with Gasteiger partial charge in [-0.25, -0.2) is 0 Å². The standard InChI is InChI=1S/C27H46O5/c1-17(7-5-8-19(3)25(29)30)22-9-6-10-24-23(12-11-18(22)2)26(4)14-13-21(28)15-20(26)16-27(24,31)32/h16-19,21-24,28,31-32H,5-15H2,1-4H3,(H,29,30). The molecule has 5 heteroatoms. The highest BCUT2D eigenvalue weighted by Crippen LogP contribution is 2.58. The van der Waals surface area contributed by atoms with Gasteiger partial charge in [0, 0.05) is 5.92 Å². The van der Waals surface area contributed by atoms with Gasteiger partial charge >= 0.3 is 5.97 Å². The zero-order chi connectivity index (χ0) is 23.7. The van der Waals surface area contributed by atoms with Crippen LogP contribution >= 0.6 is 0 Å². The van der Waals surface area contributed by atoms with Gasteiger partial charge in [0.1, 0.15) is 0 Å². The number of rotatable bonds is 6. The molecule has 0 aromatic carbocycles. The maximum atomic E-state index is 11.1. The number of fused-ring (bicyclic) bond motifs is 3. The van der Waals surface area contributed by atoms with E-state index >= 15 is 0 Å². The first-order valence-electron chi connectivity index (χ1n) is 13.0. The third kappa shape index (κ3) is 5.42. The summed E-state index contributed by atoms with van der Waals surface area (Å²) in [6, 6.07) is 0. The van der Waals surface area contributed by atoms with Crippen LogP contribution in [-0.4, -0.2) is 38.3 Å². The summed E-state index contributed by atoms with van der Waals surface area (Å²) in [5.74, 6) is -0.963. The third-order valence-electron chi connectivity index (χ3n) is 9.59. The predicted octanol–water partition coefficient (Wildman–Crippen LogP) is 5.13. The summed E-state index contributed by atoms with van der Waals surface area (Å²) in [6.45, 7) is 8.77. The van der Waals surface area contributed by atoms with Crippen LogP contribution in [0, 0.1) is 40.9 Å². The fourth-order valence-electron chi connectivity index (χ4n) is 7.34. The van der Waals surface area contributed by atoms with Gasteiger partial charge < -0.3 is 20.4 Å². The number of carboxylic acids is 1. The number of aliphatic hydroxyl groups excluding tert-OH is 1. The molecule has 184 valence electrons. The highest BCUT2D eigenvalue weighted by Gasteiger charge is 2.54. The van der Waals surface area contributed by atoms with Crippen LogP contribution in [0.15, 0.2) is 11.6 Å². The summed E-state index contributed by atoms with van der Waals surface area (Å²) in [6.07, 6.45) is 11.3. The Morgan fingerprint density at radius 3 is 2.50 bits per heavy atom. The Kier molecular flexibility index (Phi) is 8.15. The number of aliphatic carboxylic acids is 1. The maximum Gasteiger partial charge on any atom is 0.306 e. The largest absolute Gasteiger partial charge is 0.481 e. The molecular weight excluding hydrogens is 404 g/mol. The van der Waals surface area contributed by atoms with E-state index < -0.39 is 11.8 Å². The second kappa shape index (κ2) is 10.1. The van der Waals surface area contributed by atoms with Gasteiger partial charge in [0.2, 0.25) is 0 Å².